The van der Waals surface area contributed by atoms with Gasteiger partial charge >= 0.3 is 5.97 Å². The number of alkyl halides is 1. The van der Waals surface area contributed by atoms with Gasteiger partial charge in [-0.3, -0.25) is 9.59 Å². The van der Waals surface area contributed by atoms with Gasteiger partial charge < -0.3 is 4.74 Å². The summed E-state index contributed by atoms with van der Waals surface area (Å²) >= 11 is 7.18. The largest absolute Gasteiger partial charge is 0.466 e. The van der Waals surface area contributed by atoms with Gasteiger partial charge in [0, 0.05) is 29.3 Å². The number of hydrogen-bond acceptors (Lipinski definition) is 5. The van der Waals surface area contributed by atoms with Crippen molar-refractivity contribution in [3.63, 3.8) is 0 Å². The number of ketones is 1. The molecule has 1 fully saturated rings. The van der Waals surface area contributed by atoms with Crippen LogP contribution >= 0.6 is 22.9 Å². The molecule has 0 aromatic carbocycles. The molecule has 1 unspecified atom stereocenters. The van der Waals surface area contributed by atoms with Crippen LogP contribution in [0.4, 0.5) is 0 Å². The molecule has 1 saturated carbocycles. The molecular weight excluding hydrogens is 298 g/mol. The smallest absolute Gasteiger partial charge is 0.306 e. The summed E-state index contributed by atoms with van der Waals surface area (Å²) in [7, 11) is 0. The Balaban J connectivity index is 2.06. The number of nitrogens with zero attached hydrogens (tertiary/aromatic N) is 1. The van der Waals surface area contributed by atoms with E-state index in [2.05, 4.69) is 4.98 Å². The lowest BCUT2D eigenvalue weighted by Crippen LogP contribution is -2.14. The molecule has 20 heavy (non-hydrogen) atoms. The van der Waals surface area contributed by atoms with E-state index in [4.69, 9.17) is 16.3 Å². The molecule has 0 bridgehead atoms. The third kappa shape index (κ3) is 4.28. The van der Waals surface area contributed by atoms with Gasteiger partial charge in [-0.15, -0.1) is 22.9 Å². The van der Waals surface area contributed by atoms with Crippen molar-refractivity contribution in [3.05, 3.63) is 16.1 Å². The third-order valence-corrected chi connectivity index (χ3v) is 4.83. The molecule has 4 nitrogen and oxygen atoms in total. The molecule has 110 valence electrons. The Morgan fingerprint density at radius 3 is 2.85 bits per heavy atom. The van der Waals surface area contributed by atoms with Crippen molar-refractivity contribution in [2.45, 2.75) is 44.4 Å². The van der Waals surface area contributed by atoms with E-state index in [0.29, 0.717) is 12.5 Å². The van der Waals surface area contributed by atoms with Gasteiger partial charge in [0.15, 0.2) is 0 Å². The minimum absolute atomic E-state index is 0.0202. The van der Waals surface area contributed by atoms with Crippen LogP contribution in [0.3, 0.4) is 0 Å². The Hall–Kier alpha value is -0.940. The first kappa shape index (κ1) is 15.4. The van der Waals surface area contributed by atoms with Gasteiger partial charge in [-0.25, -0.2) is 4.98 Å². The number of aromatic nitrogens is 1. The van der Waals surface area contributed by atoms with Gasteiger partial charge in [-0.2, -0.15) is 0 Å². The maximum absolute atomic E-state index is 11.7. The van der Waals surface area contributed by atoms with Crippen molar-refractivity contribution in [2.24, 2.45) is 0 Å². The summed E-state index contributed by atoms with van der Waals surface area (Å²) in [6, 6.07) is 0. The Morgan fingerprint density at radius 1 is 1.50 bits per heavy atom. The Morgan fingerprint density at radius 2 is 2.25 bits per heavy atom. The SMILES string of the molecule is CCOC(=O)CC(CC(=O)CCl)c1cnc(C2CC2)s1. The molecule has 0 radical (unpaired) electrons. The standard InChI is InChI=1S/C14H18ClNO3S/c1-2-19-13(18)6-10(5-11(17)7-15)12-8-16-14(20-12)9-3-4-9/h8-10H,2-7H2,1H3. The van der Waals surface area contributed by atoms with Crippen LogP contribution in [0, 0.1) is 0 Å². The zero-order valence-electron chi connectivity index (χ0n) is 11.4. The maximum Gasteiger partial charge on any atom is 0.306 e. The van der Waals surface area contributed by atoms with Gasteiger partial charge in [0.2, 0.25) is 0 Å². The van der Waals surface area contributed by atoms with Crippen molar-refractivity contribution in [1.29, 1.82) is 0 Å². The van der Waals surface area contributed by atoms with Crippen LogP contribution in [0.15, 0.2) is 6.20 Å². The van der Waals surface area contributed by atoms with Crippen LogP contribution in [0.25, 0.3) is 0 Å². The summed E-state index contributed by atoms with van der Waals surface area (Å²) < 4.78 is 4.98. The molecule has 0 amide bonds. The molecule has 1 atom stereocenters. The molecule has 1 heterocycles. The Labute approximate surface area is 127 Å². The average molecular weight is 316 g/mol. The first-order chi connectivity index (χ1) is 9.63. The summed E-state index contributed by atoms with van der Waals surface area (Å²) in [5.74, 6) is 0.0720. The summed E-state index contributed by atoms with van der Waals surface area (Å²) in [5, 5.41) is 1.12. The zero-order chi connectivity index (χ0) is 14.5. The number of rotatable bonds is 8. The van der Waals surface area contributed by atoms with Gasteiger partial charge in [0.25, 0.3) is 0 Å². The molecule has 0 aliphatic heterocycles. The Kier molecular flexibility index (Phi) is 5.54. The highest BCUT2D eigenvalue weighted by atomic mass is 35.5. The number of ether oxygens (including phenoxy) is 1. The lowest BCUT2D eigenvalue weighted by molar-refractivity contribution is -0.143. The fraction of sp³-hybridized carbons (Fsp3) is 0.643. The summed E-state index contributed by atoms with van der Waals surface area (Å²) in [6.45, 7) is 2.12. The number of hydrogen-bond donors (Lipinski definition) is 0. The van der Waals surface area contributed by atoms with Crippen molar-refractivity contribution in [2.75, 3.05) is 12.5 Å². The molecule has 2 rings (SSSR count). The van der Waals surface area contributed by atoms with E-state index < -0.39 is 0 Å². The first-order valence-corrected chi connectivity index (χ1v) is 8.18. The lowest BCUT2D eigenvalue weighted by Gasteiger charge is -2.12. The van der Waals surface area contributed by atoms with Crippen LogP contribution in [0.1, 0.15) is 54.3 Å². The van der Waals surface area contributed by atoms with Crippen LogP contribution < -0.4 is 0 Å². The monoisotopic (exact) mass is 315 g/mol. The minimum Gasteiger partial charge on any atom is -0.466 e. The van der Waals surface area contributed by atoms with Gasteiger partial charge in [0.1, 0.15) is 5.78 Å². The van der Waals surface area contributed by atoms with Gasteiger partial charge in [0.05, 0.1) is 23.9 Å². The normalized spacial score (nSPS) is 15.9. The highest BCUT2D eigenvalue weighted by Gasteiger charge is 2.29. The van der Waals surface area contributed by atoms with Crippen molar-refractivity contribution in [1.82, 2.24) is 4.98 Å². The van der Waals surface area contributed by atoms with E-state index in [9.17, 15) is 9.59 Å². The molecule has 1 aliphatic rings. The fourth-order valence-electron chi connectivity index (χ4n) is 2.03. The fourth-order valence-corrected chi connectivity index (χ4v) is 3.33. The van der Waals surface area contributed by atoms with Crippen LogP contribution in [0.5, 0.6) is 0 Å². The van der Waals surface area contributed by atoms with Crippen molar-refractivity contribution < 1.29 is 14.3 Å². The molecule has 1 aliphatic carbocycles. The number of carbonyl (C=O) groups excluding carboxylic acids is 2. The van der Waals surface area contributed by atoms with Gasteiger partial charge in [-0.1, -0.05) is 0 Å². The zero-order valence-corrected chi connectivity index (χ0v) is 13.0. The predicted molar refractivity (Wildman–Crippen MR) is 78.4 cm³/mol. The lowest BCUT2D eigenvalue weighted by atomic mass is 9.98. The molecule has 0 spiro atoms. The topological polar surface area (TPSA) is 56.3 Å². The first-order valence-electron chi connectivity index (χ1n) is 6.83. The summed E-state index contributed by atoms with van der Waals surface area (Å²) in [6.07, 6.45) is 4.66. The molecule has 1 aromatic heterocycles. The highest BCUT2D eigenvalue weighted by molar-refractivity contribution is 7.11. The van der Waals surface area contributed by atoms with Crippen molar-refractivity contribution >= 4 is 34.7 Å². The molecule has 1 aromatic rings. The van der Waals surface area contributed by atoms with Crippen molar-refractivity contribution in [3.8, 4) is 0 Å². The van der Waals surface area contributed by atoms with Gasteiger partial charge in [-0.05, 0) is 19.8 Å². The number of halogens is 1. The van der Waals surface area contributed by atoms with Crippen LogP contribution in [-0.2, 0) is 14.3 Å². The summed E-state index contributed by atoms with van der Waals surface area (Å²) in [4.78, 5) is 28.6. The molecular formula is C14H18ClNO3S. The predicted octanol–water partition coefficient (Wildman–Crippen LogP) is 3.26. The molecule has 0 saturated heterocycles. The van der Waals surface area contributed by atoms with E-state index in [-0.39, 0.29) is 36.4 Å². The number of carbonyl (C=O) groups is 2. The molecule has 6 heteroatoms. The molecule has 0 N–H and O–H groups in total. The quantitative estimate of drug-likeness (QED) is 0.546. The summed E-state index contributed by atoms with van der Waals surface area (Å²) in [5.41, 5.74) is 0. The van der Waals surface area contributed by atoms with Crippen LogP contribution in [0.2, 0.25) is 0 Å². The van der Waals surface area contributed by atoms with E-state index in [1.807, 2.05) is 0 Å². The van der Waals surface area contributed by atoms with Crippen LogP contribution in [-0.4, -0.2) is 29.2 Å². The second kappa shape index (κ2) is 7.18. The van der Waals surface area contributed by atoms with E-state index in [1.54, 1.807) is 24.5 Å². The highest BCUT2D eigenvalue weighted by Crippen LogP contribution is 2.43. The van der Waals surface area contributed by atoms with E-state index >= 15 is 0 Å². The number of thiazole rings is 1. The van der Waals surface area contributed by atoms with E-state index in [0.717, 1.165) is 9.88 Å². The Bertz CT molecular complexity index is 485. The third-order valence-electron chi connectivity index (χ3n) is 3.21. The minimum atomic E-state index is -0.277. The second-order valence-corrected chi connectivity index (χ2v) is 6.32. The number of esters is 1. The second-order valence-electron chi connectivity index (χ2n) is 4.96. The van der Waals surface area contributed by atoms with E-state index in [1.165, 1.54) is 12.8 Å². The number of Topliss-reactive ketones (excluding diaryl/α,β-unsaturated/α-hetero) is 1. The maximum atomic E-state index is 11.7. The average Bonchev–Trinajstić information content (AvgIpc) is 3.16.